The van der Waals surface area contributed by atoms with E-state index < -0.39 is 24.0 Å². The van der Waals surface area contributed by atoms with Crippen molar-refractivity contribution in [3.8, 4) is 5.75 Å². The molecule has 0 unspecified atom stereocenters. The Kier molecular flexibility index (Phi) is 6.42. The maximum Gasteiger partial charge on any atom is 0.320 e. The molecule has 3 rings (SSSR count). The van der Waals surface area contributed by atoms with Crippen LogP contribution in [0.5, 0.6) is 5.75 Å². The van der Waals surface area contributed by atoms with E-state index in [1.807, 2.05) is 19.9 Å². The average Bonchev–Trinajstić information content (AvgIpc) is 3.15. The SMILES string of the molecule is CC(C)C[C@@H](C(=O)O)N(C)[C@@H](C(=O)Nc1ccccc1O)c1ccc2occc2c1. The number of aliphatic carboxylic acids is 1. The Balaban J connectivity index is 2.01. The maximum atomic E-state index is 13.3. The summed E-state index contributed by atoms with van der Waals surface area (Å²) < 4.78 is 5.38. The van der Waals surface area contributed by atoms with E-state index in [0.717, 1.165) is 5.39 Å². The molecule has 30 heavy (non-hydrogen) atoms. The van der Waals surface area contributed by atoms with E-state index in [2.05, 4.69) is 5.32 Å². The number of furan rings is 1. The van der Waals surface area contributed by atoms with Crippen molar-refractivity contribution >= 4 is 28.5 Å². The lowest BCUT2D eigenvalue weighted by atomic mass is 9.97. The van der Waals surface area contributed by atoms with E-state index in [-0.39, 0.29) is 17.4 Å². The van der Waals surface area contributed by atoms with Gasteiger partial charge in [0.2, 0.25) is 5.91 Å². The van der Waals surface area contributed by atoms with Crippen LogP contribution in [0.15, 0.2) is 59.2 Å². The molecule has 3 aromatic rings. The van der Waals surface area contributed by atoms with Gasteiger partial charge in [-0.15, -0.1) is 0 Å². The Morgan fingerprint density at radius 2 is 1.87 bits per heavy atom. The number of benzene rings is 2. The molecule has 0 aliphatic carbocycles. The van der Waals surface area contributed by atoms with E-state index in [0.29, 0.717) is 17.6 Å². The van der Waals surface area contributed by atoms with Gasteiger partial charge < -0.3 is 19.9 Å². The molecule has 0 saturated heterocycles. The summed E-state index contributed by atoms with van der Waals surface area (Å²) in [5.74, 6) is -1.35. The maximum absolute atomic E-state index is 13.3. The molecule has 0 fully saturated rings. The summed E-state index contributed by atoms with van der Waals surface area (Å²) in [6, 6.07) is 11.8. The highest BCUT2D eigenvalue weighted by molar-refractivity contribution is 5.97. The summed E-state index contributed by atoms with van der Waals surface area (Å²) in [4.78, 5) is 26.9. The summed E-state index contributed by atoms with van der Waals surface area (Å²) >= 11 is 0. The first kappa shape index (κ1) is 21.4. The molecule has 1 aromatic heterocycles. The molecule has 1 heterocycles. The fourth-order valence-electron chi connectivity index (χ4n) is 3.57. The topological polar surface area (TPSA) is 103 Å². The standard InChI is InChI=1S/C23H26N2O5/c1-14(2)12-18(23(28)29)25(3)21(16-8-9-20-15(13-16)10-11-30-20)22(27)24-17-6-4-5-7-19(17)26/h4-11,13-14,18,21,26H,12H2,1-3H3,(H,24,27)(H,28,29)/t18-,21+/m0/s1. The summed E-state index contributed by atoms with van der Waals surface area (Å²) in [5, 5.41) is 23.4. The van der Waals surface area contributed by atoms with Gasteiger partial charge in [0, 0.05) is 5.39 Å². The van der Waals surface area contributed by atoms with E-state index in [9.17, 15) is 19.8 Å². The summed E-state index contributed by atoms with van der Waals surface area (Å²) in [5.41, 5.74) is 1.58. The van der Waals surface area contributed by atoms with Gasteiger partial charge in [0.1, 0.15) is 23.4 Å². The molecule has 0 saturated carbocycles. The molecule has 2 aromatic carbocycles. The van der Waals surface area contributed by atoms with Gasteiger partial charge in [-0.25, -0.2) is 0 Å². The monoisotopic (exact) mass is 410 g/mol. The first-order valence-electron chi connectivity index (χ1n) is 9.78. The molecule has 1 amide bonds. The third kappa shape index (κ3) is 4.63. The second kappa shape index (κ2) is 9.00. The molecule has 7 heteroatoms. The highest BCUT2D eigenvalue weighted by Crippen LogP contribution is 2.30. The number of carbonyl (C=O) groups is 2. The molecule has 0 radical (unpaired) electrons. The lowest BCUT2D eigenvalue weighted by molar-refractivity contribution is -0.145. The molecular weight excluding hydrogens is 384 g/mol. The van der Waals surface area contributed by atoms with Gasteiger partial charge in [-0.1, -0.05) is 32.0 Å². The Bertz CT molecular complexity index is 1040. The van der Waals surface area contributed by atoms with Gasteiger partial charge in [-0.3, -0.25) is 14.5 Å². The first-order valence-corrected chi connectivity index (χ1v) is 9.78. The van der Waals surface area contributed by atoms with E-state index in [4.69, 9.17) is 4.42 Å². The fourth-order valence-corrected chi connectivity index (χ4v) is 3.57. The Hall–Kier alpha value is -3.32. The average molecular weight is 410 g/mol. The fraction of sp³-hybridized carbons (Fsp3) is 0.304. The summed E-state index contributed by atoms with van der Waals surface area (Å²) in [7, 11) is 1.63. The third-order valence-corrected chi connectivity index (χ3v) is 5.08. The van der Waals surface area contributed by atoms with Gasteiger partial charge in [0.25, 0.3) is 0 Å². The normalized spacial score (nSPS) is 13.5. The number of para-hydroxylation sites is 2. The number of phenolic OH excluding ortho intramolecular Hbond substituents is 1. The quantitative estimate of drug-likeness (QED) is 0.480. The molecule has 3 N–H and O–H groups in total. The summed E-state index contributed by atoms with van der Waals surface area (Å²) in [6.07, 6.45) is 1.95. The smallest absolute Gasteiger partial charge is 0.320 e. The van der Waals surface area contributed by atoms with Crippen LogP contribution in [0.2, 0.25) is 0 Å². The van der Waals surface area contributed by atoms with Crippen molar-refractivity contribution in [2.24, 2.45) is 5.92 Å². The number of nitrogens with zero attached hydrogens (tertiary/aromatic N) is 1. The number of aromatic hydroxyl groups is 1. The number of amides is 1. The Labute approximate surface area is 174 Å². The Morgan fingerprint density at radius 3 is 2.53 bits per heavy atom. The number of carboxylic acids is 1. The van der Waals surface area contributed by atoms with E-state index >= 15 is 0 Å². The Morgan fingerprint density at radius 1 is 1.13 bits per heavy atom. The van der Waals surface area contributed by atoms with Crippen LogP contribution in [0, 0.1) is 5.92 Å². The van der Waals surface area contributed by atoms with Crippen LogP contribution in [0.3, 0.4) is 0 Å². The molecule has 0 aliphatic heterocycles. The van der Waals surface area contributed by atoms with Gasteiger partial charge in [-0.2, -0.15) is 0 Å². The number of carboxylic acid groups (broad SMARTS) is 1. The summed E-state index contributed by atoms with van der Waals surface area (Å²) in [6.45, 7) is 3.89. The number of rotatable bonds is 8. The minimum Gasteiger partial charge on any atom is -0.506 e. The van der Waals surface area contributed by atoms with Crippen molar-refractivity contribution in [1.82, 2.24) is 4.90 Å². The van der Waals surface area contributed by atoms with Crippen molar-refractivity contribution in [2.75, 3.05) is 12.4 Å². The van der Waals surface area contributed by atoms with Crippen molar-refractivity contribution in [2.45, 2.75) is 32.4 Å². The highest BCUT2D eigenvalue weighted by atomic mass is 16.4. The molecule has 2 atom stereocenters. The highest BCUT2D eigenvalue weighted by Gasteiger charge is 2.34. The predicted molar refractivity (Wildman–Crippen MR) is 114 cm³/mol. The van der Waals surface area contributed by atoms with Gasteiger partial charge >= 0.3 is 5.97 Å². The zero-order valence-corrected chi connectivity index (χ0v) is 17.2. The van der Waals surface area contributed by atoms with Crippen LogP contribution in [0.1, 0.15) is 31.9 Å². The number of hydrogen-bond acceptors (Lipinski definition) is 5. The number of likely N-dealkylation sites (N-methyl/N-ethyl adjacent to an activating group) is 1. The van der Waals surface area contributed by atoms with Crippen LogP contribution in [0.4, 0.5) is 5.69 Å². The second-order valence-electron chi connectivity index (χ2n) is 7.78. The van der Waals surface area contributed by atoms with E-state index in [1.54, 1.807) is 54.6 Å². The van der Waals surface area contributed by atoms with Crippen LogP contribution >= 0.6 is 0 Å². The number of phenols is 1. The van der Waals surface area contributed by atoms with E-state index in [1.165, 1.54) is 6.07 Å². The van der Waals surface area contributed by atoms with Crippen molar-refractivity contribution in [1.29, 1.82) is 0 Å². The molecule has 7 nitrogen and oxygen atoms in total. The third-order valence-electron chi connectivity index (χ3n) is 5.08. The molecular formula is C23H26N2O5. The molecule has 0 bridgehead atoms. The van der Waals surface area contributed by atoms with Gasteiger partial charge in [-0.05, 0) is 55.3 Å². The predicted octanol–water partition coefficient (Wildman–Crippen LogP) is 4.25. The number of hydrogen-bond donors (Lipinski definition) is 3. The first-order chi connectivity index (χ1) is 14.3. The lowest BCUT2D eigenvalue weighted by Gasteiger charge is -2.33. The van der Waals surface area contributed by atoms with Gasteiger partial charge in [0.05, 0.1) is 12.0 Å². The molecule has 158 valence electrons. The van der Waals surface area contributed by atoms with Crippen LogP contribution < -0.4 is 5.32 Å². The van der Waals surface area contributed by atoms with Crippen LogP contribution in [-0.2, 0) is 9.59 Å². The zero-order chi connectivity index (χ0) is 21.8. The number of nitrogens with one attached hydrogen (secondary N) is 1. The number of fused-ring (bicyclic) bond motifs is 1. The minimum absolute atomic E-state index is 0.0606. The lowest BCUT2D eigenvalue weighted by Crippen LogP contribution is -2.45. The zero-order valence-electron chi connectivity index (χ0n) is 17.2. The molecule has 0 aliphatic rings. The number of anilines is 1. The minimum atomic E-state index is -0.990. The van der Waals surface area contributed by atoms with Crippen molar-refractivity contribution < 1.29 is 24.2 Å². The van der Waals surface area contributed by atoms with Crippen molar-refractivity contribution in [3.63, 3.8) is 0 Å². The van der Waals surface area contributed by atoms with Crippen LogP contribution in [-0.4, -0.2) is 40.1 Å². The van der Waals surface area contributed by atoms with Crippen LogP contribution in [0.25, 0.3) is 11.0 Å². The molecule has 0 spiro atoms. The largest absolute Gasteiger partial charge is 0.506 e. The van der Waals surface area contributed by atoms with Crippen molar-refractivity contribution in [3.05, 3.63) is 60.4 Å². The second-order valence-corrected chi connectivity index (χ2v) is 7.78. The van der Waals surface area contributed by atoms with Gasteiger partial charge in [0.15, 0.2) is 0 Å². The number of carbonyl (C=O) groups excluding carboxylic acids is 1.